The van der Waals surface area contributed by atoms with E-state index in [4.69, 9.17) is 14.2 Å². The van der Waals surface area contributed by atoms with Crippen molar-refractivity contribution in [1.29, 1.82) is 0 Å². The van der Waals surface area contributed by atoms with Crippen molar-refractivity contribution < 1.29 is 23.8 Å². The highest BCUT2D eigenvalue weighted by Gasteiger charge is 2.17. The SMILES string of the molecule is CC/C=C\C/C=C\C/C=C\CCCCCCCCOCC(COC(=O)CCCCCCCCC/C=C\C/C=C\CCCCC)OC(=O)CCCCCCCCCCCCCCCCCCC. The molecule has 0 aromatic rings. The van der Waals surface area contributed by atoms with E-state index in [2.05, 4.69) is 81.5 Å². The lowest BCUT2D eigenvalue weighted by atomic mass is 10.0. The first-order valence-electron chi connectivity index (χ1n) is 28.8. The van der Waals surface area contributed by atoms with Crippen molar-refractivity contribution in [3.8, 4) is 0 Å². The number of hydrogen-bond donors (Lipinski definition) is 0. The first-order chi connectivity index (χ1) is 32.6. The van der Waals surface area contributed by atoms with Gasteiger partial charge < -0.3 is 14.2 Å². The molecule has 0 spiro atoms. The van der Waals surface area contributed by atoms with Crippen molar-refractivity contribution in [3.05, 3.63) is 60.8 Å². The van der Waals surface area contributed by atoms with Gasteiger partial charge in [0.1, 0.15) is 6.61 Å². The largest absolute Gasteiger partial charge is 0.462 e. The molecule has 5 nitrogen and oxygen atoms in total. The van der Waals surface area contributed by atoms with E-state index in [1.54, 1.807) is 0 Å². The number of unbranched alkanes of at least 4 members (excludes halogenated alkanes) is 32. The van der Waals surface area contributed by atoms with Crippen LogP contribution in [-0.4, -0.2) is 37.9 Å². The first kappa shape index (κ1) is 63.6. The van der Waals surface area contributed by atoms with Crippen molar-refractivity contribution in [2.75, 3.05) is 19.8 Å². The van der Waals surface area contributed by atoms with Gasteiger partial charge in [0.15, 0.2) is 6.10 Å². The van der Waals surface area contributed by atoms with E-state index in [0.717, 1.165) is 77.0 Å². The third kappa shape index (κ3) is 54.2. The summed E-state index contributed by atoms with van der Waals surface area (Å²) in [7, 11) is 0. The minimum atomic E-state index is -0.546. The Balaban J connectivity index is 4.28. The minimum absolute atomic E-state index is 0.0777. The summed E-state index contributed by atoms with van der Waals surface area (Å²) >= 11 is 0. The number of allylic oxidation sites excluding steroid dienone is 10. The van der Waals surface area contributed by atoms with Gasteiger partial charge in [-0.25, -0.2) is 0 Å². The van der Waals surface area contributed by atoms with Gasteiger partial charge in [0.05, 0.1) is 6.61 Å². The second-order valence-electron chi connectivity index (χ2n) is 19.2. The Labute approximate surface area is 411 Å². The Morgan fingerprint density at radius 1 is 0.348 bits per heavy atom. The molecule has 0 fully saturated rings. The average Bonchev–Trinajstić information content (AvgIpc) is 3.32. The van der Waals surface area contributed by atoms with E-state index < -0.39 is 6.10 Å². The predicted octanol–water partition coefficient (Wildman–Crippen LogP) is 19.7. The summed E-state index contributed by atoms with van der Waals surface area (Å²) in [5.41, 5.74) is 0. The summed E-state index contributed by atoms with van der Waals surface area (Å²) in [5.74, 6) is -0.400. The van der Waals surface area contributed by atoms with Gasteiger partial charge in [0, 0.05) is 19.4 Å². The Kier molecular flexibility index (Phi) is 54.9. The fourth-order valence-corrected chi connectivity index (χ4v) is 8.26. The van der Waals surface area contributed by atoms with Crippen LogP contribution in [0.25, 0.3) is 0 Å². The third-order valence-electron chi connectivity index (χ3n) is 12.5. The Morgan fingerprint density at radius 3 is 1.12 bits per heavy atom. The van der Waals surface area contributed by atoms with Crippen molar-refractivity contribution in [1.82, 2.24) is 0 Å². The number of carbonyl (C=O) groups is 2. The van der Waals surface area contributed by atoms with Crippen LogP contribution in [0.1, 0.15) is 290 Å². The zero-order chi connectivity index (χ0) is 47.7. The van der Waals surface area contributed by atoms with E-state index in [1.807, 2.05) is 0 Å². The monoisotopic (exact) mass is 923 g/mol. The van der Waals surface area contributed by atoms with Crippen LogP contribution >= 0.6 is 0 Å². The minimum Gasteiger partial charge on any atom is -0.462 e. The standard InChI is InChI=1S/C61H110O5/c1-4-7-10-13-16-19-22-25-28-31-33-36-39-42-45-48-51-54-60(62)65-58-59(57-64-56-53-50-47-44-41-38-35-30-27-24-21-18-15-12-9-6-3)66-61(63)55-52-49-46-43-40-37-34-32-29-26-23-20-17-14-11-8-5-2/h9,12,16,18-19,21,25,27-28,30,59H,4-8,10-11,13-15,17,20,22-24,26,29,31-58H2,1-3H3/b12-9-,19-16-,21-18-,28-25-,30-27-. The summed E-state index contributed by atoms with van der Waals surface area (Å²) in [5, 5.41) is 0. The molecule has 1 atom stereocenters. The maximum absolute atomic E-state index is 12.9. The molecule has 0 aromatic heterocycles. The summed E-state index contributed by atoms with van der Waals surface area (Å²) in [6, 6.07) is 0. The Hall–Kier alpha value is -2.40. The van der Waals surface area contributed by atoms with Gasteiger partial charge >= 0.3 is 11.9 Å². The van der Waals surface area contributed by atoms with E-state index in [9.17, 15) is 9.59 Å². The lowest BCUT2D eigenvalue weighted by Gasteiger charge is -2.18. The van der Waals surface area contributed by atoms with Crippen molar-refractivity contribution in [3.63, 3.8) is 0 Å². The summed E-state index contributed by atoms with van der Waals surface area (Å²) < 4.78 is 17.5. The van der Waals surface area contributed by atoms with Crippen LogP contribution in [0.2, 0.25) is 0 Å². The van der Waals surface area contributed by atoms with Crippen molar-refractivity contribution in [2.24, 2.45) is 0 Å². The first-order valence-corrected chi connectivity index (χ1v) is 28.8. The number of hydrogen-bond acceptors (Lipinski definition) is 5. The lowest BCUT2D eigenvalue weighted by molar-refractivity contribution is -0.163. The number of rotatable bonds is 53. The van der Waals surface area contributed by atoms with Gasteiger partial charge in [0.25, 0.3) is 0 Å². The Bertz CT molecular complexity index is 1130. The molecule has 0 aliphatic heterocycles. The highest BCUT2D eigenvalue weighted by atomic mass is 16.6. The fourth-order valence-electron chi connectivity index (χ4n) is 8.26. The highest BCUT2D eigenvalue weighted by molar-refractivity contribution is 5.70. The normalized spacial score (nSPS) is 12.6. The van der Waals surface area contributed by atoms with Crippen LogP contribution in [0, 0.1) is 0 Å². The smallest absolute Gasteiger partial charge is 0.306 e. The molecule has 0 rings (SSSR count). The van der Waals surface area contributed by atoms with E-state index in [-0.39, 0.29) is 25.2 Å². The van der Waals surface area contributed by atoms with Crippen LogP contribution in [0.4, 0.5) is 0 Å². The quantitative estimate of drug-likeness (QED) is 0.0346. The molecule has 0 aliphatic carbocycles. The second kappa shape index (κ2) is 56.9. The van der Waals surface area contributed by atoms with E-state index >= 15 is 0 Å². The molecular weight excluding hydrogens is 813 g/mol. The molecule has 66 heavy (non-hydrogen) atoms. The molecule has 5 heteroatoms. The molecular formula is C61H110O5. The lowest BCUT2D eigenvalue weighted by Crippen LogP contribution is -2.30. The third-order valence-corrected chi connectivity index (χ3v) is 12.5. The van der Waals surface area contributed by atoms with Crippen LogP contribution in [0.3, 0.4) is 0 Å². The summed E-state index contributed by atoms with van der Waals surface area (Å²) in [4.78, 5) is 25.5. The number of ether oxygens (including phenoxy) is 3. The molecule has 0 saturated heterocycles. The molecule has 1 unspecified atom stereocenters. The van der Waals surface area contributed by atoms with Crippen LogP contribution < -0.4 is 0 Å². The Morgan fingerprint density at radius 2 is 0.682 bits per heavy atom. The zero-order valence-corrected chi connectivity index (χ0v) is 44.2. The topological polar surface area (TPSA) is 61.8 Å². The van der Waals surface area contributed by atoms with E-state index in [0.29, 0.717) is 19.4 Å². The number of esters is 2. The van der Waals surface area contributed by atoms with Crippen molar-refractivity contribution >= 4 is 11.9 Å². The molecule has 0 bridgehead atoms. The molecule has 0 amide bonds. The molecule has 0 aliphatic rings. The summed E-state index contributed by atoms with van der Waals surface area (Å²) in [6.45, 7) is 7.70. The summed E-state index contributed by atoms with van der Waals surface area (Å²) in [6.07, 6.45) is 72.4. The van der Waals surface area contributed by atoms with Gasteiger partial charge in [-0.15, -0.1) is 0 Å². The molecule has 0 heterocycles. The fraction of sp³-hybridized carbons (Fsp3) is 0.803. The highest BCUT2D eigenvalue weighted by Crippen LogP contribution is 2.16. The molecule has 384 valence electrons. The number of carbonyl (C=O) groups excluding carboxylic acids is 2. The van der Waals surface area contributed by atoms with Crippen LogP contribution in [0.15, 0.2) is 60.8 Å². The molecule has 0 N–H and O–H groups in total. The van der Waals surface area contributed by atoms with E-state index in [1.165, 1.54) is 180 Å². The van der Waals surface area contributed by atoms with Gasteiger partial charge in [0.2, 0.25) is 0 Å². The molecule has 0 aromatic carbocycles. The average molecular weight is 924 g/mol. The van der Waals surface area contributed by atoms with Gasteiger partial charge in [-0.05, 0) is 83.5 Å². The van der Waals surface area contributed by atoms with Gasteiger partial charge in [-0.2, -0.15) is 0 Å². The maximum Gasteiger partial charge on any atom is 0.306 e. The van der Waals surface area contributed by atoms with Gasteiger partial charge in [-0.3, -0.25) is 9.59 Å². The predicted molar refractivity (Wildman–Crippen MR) is 288 cm³/mol. The molecule has 0 saturated carbocycles. The zero-order valence-electron chi connectivity index (χ0n) is 44.2. The van der Waals surface area contributed by atoms with Crippen LogP contribution in [-0.2, 0) is 23.8 Å². The van der Waals surface area contributed by atoms with Crippen molar-refractivity contribution in [2.45, 2.75) is 297 Å². The molecule has 0 radical (unpaired) electrons. The maximum atomic E-state index is 12.9. The second-order valence-corrected chi connectivity index (χ2v) is 19.2. The van der Waals surface area contributed by atoms with Crippen LogP contribution in [0.5, 0.6) is 0 Å². The van der Waals surface area contributed by atoms with Gasteiger partial charge in [-0.1, -0.05) is 255 Å².